The molecule has 0 saturated carbocycles. The monoisotopic (exact) mass is 457 g/mol. The molecule has 5 rings (SSSR count). The molecular formula is C28H31N3OS. The maximum atomic E-state index is 5.86. The van der Waals surface area contributed by atoms with Gasteiger partial charge in [0.05, 0.1) is 6.04 Å². The molecule has 5 heteroatoms. The van der Waals surface area contributed by atoms with Crippen LogP contribution in [-0.2, 0) is 5.75 Å². The van der Waals surface area contributed by atoms with Gasteiger partial charge in [-0.25, -0.2) is 4.98 Å². The normalized spacial score (nSPS) is 16.5. The minimum Gasteiger partial charge on any atom is -0.431 e. The van der Waals surface area contributed by atoms with Gasteiger partial charge in [0, 0.05) is 38.0 Å². The van der Waals surface area contributed by atoms with Crippen LogP contribution in [0.4, 0.5) is 0 Å². The lowest BCUT2D eigenvalue weighted by Gasteiger charge is -2.41. The number of hydrogen-bond donors (Lipinski definition) is 0. The number of thioether (sulfide) groups is 1. The molecule has 2 heterocycles. The lowest BCUT2D eigenvalue weighted by atomic mass is 9.95. The molecule has 0 aliphatic carbocycles. The highest BCUT2D eigenvalue weighted by atomic mass is 32.2. The molecule has 1 aliphatic heterocycles. The van der Waals surface area contributed by atoms with Crippen molar-refractivity contribution in [3.8, 4) is 0 Å². The zero-order valence-electron chi connectivity index (χ0n) is 19.4. The van der Waals surface area contributed by atoms with Crippen molar-refractivity contribution in [1.29, 1.82) is 0 Å². The standard InChI is InChI=1S/C28H31N3OS/c1-21(2)30-16-18-31(19-17-30)27(23-8-4-3-5-9-23)24-14-12-22(13-15-24)20-33-28-29-25-10-6-7-11-26(25)32-28/h3-15,21,27H,16-20H2,1-2H3. The van der Waals surface area contributed by atoms with Gasteiger partial charge in [0.25, 0.3) is 5.22 Å². The number of benzene rings is 3. The van der Waals surface area contributed by atoms with Crippen LogP contribution in [-0.4, -0.2) is 47.0 Å². The van der Waals surface area contributed by atoms with Crippen LogP contribution in [0.25, 0.3) is 11.1 Å². The number of oxazole rings is 1. The molecule has 4 nitrogen and oxygen atoms in total. The summed E-state index contributed by atoms with van der Waals surface area (Å²) < 4.78 is 5.86. The minimum atomic E-state index is 0.291. The van der Waals surface area contributed by atoms with Gasteiger partial charge in [-0.05, 0) is 42.7 Å². The molecule has 0 bridgehead atoms. The molecule has 0 spiro atoms. The predicted molar refractivity (Wildman–Crippen MR) is 137 cm³/mol. The van der Waals surface area contributed by atoms with E-state index in [9.17, 15) is 0 Å². The zero-order valence-corrected chi connectivity index (χ0v) is 20.2. The first-order valence-corrected chi connectivity index (χ1v) is 12.8. The number of nitrogens with zero attached hydrogens (tertiary/aromatic N) is 3. The molecule has 4 aromatic rings. The van der Waals surface area contributed by atoms with Gasteiger partial charge in [0.2, 0.25) is 0 Å². The molecule has 1 aliphatic rings. The molecule has 1 fully saturated rings. The van der Waals surface area contributed by atoms with Crippen molar-refractivity contribution >= 4 is 22.9 Å². The van der Waals surface area contributed by atoms with Crippen molar-refractivity contribution in [3.05, 3.63) is 95.6 Å². The Balaban J connectivity index is 1.31. The highest BCUT2D eigenvalue weighted by Crippen LogP contribution is 2.31. The molecule has 0 N–H and O–H groups in total. The van der Waals surface area contributed by atoms with Crippen molar-refractivity contribution in [2.75, 3.05) is 26.2 Å². The van der Waals surface area contributed by atoms with E-state index in [1.54, 1.807) is 11.8 Å². The Morgan fingerprint density at radius 1 is 0.788 bits per heavy atom. The van der Waals surface area contributed by atoms with E-state index in [2.05, 4.69) is 83.2 Å². The average molecular weight is 458 g/mol. The van der Waals surface area contributed by atoms with Crippen LogP contribution in [0.1, 0.15) is 36.6 Å². The van der Waals surface area contributed by atoms with E-state index in [4.69, 9.17) is 4.42 Å². The van der Waals surface area contributed by atoms with Gasteiger partial charge in [-0.3, -0.25) is 9.80 Å². The van der Waals surface area contributed by atoms with Crippen molar-refractivity contribution in [3.63, 3.8) is 0 Å². The van der Waals surface area contributed by atoms with Gasteiger partial charge >= 0.3 is 0 Å². The van der Waals surface area contributed by atoms with Crippen LogP contribution < -0.4 is 0 Å². The Hall–Kier alpha value is -2.60. The van der Waals surface area contributed by atoms with Gasteiger partial charge in [-0.2, -0.15) is 0 Å². The van der Waals surface area contributed by atoms with Gasteiger partial charge < -0.3 is 4.42 Å². The number of piperazine rings is 1. The van der Waals surface area contributed by atoms with E-state index in [0.717, 1.165) is 48.3 Å². The van der Waals surface area contributed by atoms with Crippen LogP contribution in [0.15, 0.2) is 88.5 Å². The lowest BCUT2D eigenvalue weighted by Crippen LogP contribution is -2.49. The smallest absolute Gasteiger partial charge is 0.257 e. The molecule has 3 aromatic carbocycles. The van der Waals surface area contributed by atoms with E-state index in [1.165, 1.54) is 16.7 Å². The molecule has 1 saturated heterocycles. The molecule has 1 atom stereocenters. The van der Waals surface area contributed by atoms with Crippen molar-refractivity contribution < 1.29 is 4.42 Å². The second kappa shape index (κ2) is 10.1. The van der Waals surface area contributed by atoms with Crippen molar-refractivity contribution in [2.45, 2.75) is 36.9 Å². The lowest BCUT2D eigenvalue weighted by molar-refractivity contribution is 0.0892. The summed E-state index contributed by atoms with van der Waals surface area (Å²) in [6.07, 6.45) is 0. The van der Waals surface area contributed by atoms with Crippen molar-refractivity contribution in [1.82, 2.24) is 14.8 Å². The fourth-order valence-electron chi connectivity index (χ4n) is 4.62. The van der Waals surface area contributed by atoms with Crippen LogP contribution in [0.2, 0.25) is 0 Å². The first kappa shape index (κ1) is 22.2. The van der Waals surface area contributed by atoms with Gasteiger partial charge in [-0.1, -0.05) is 78.5 Å². The number of hydrogen-bond acceptors (Lipinski definition) is 5. The molecule has 1 aromatic heterocycles. The Kier molecular flexibility index (Phi) is 6.81. The average Bonchev–Trinajstić information content (AvgIpc) is 3.28. The Bertz CT molecular complexity index is 1130. The Morgan fingerprint density at radius 2 is 1.42 bits per heavy atom. The maximum absolute atomic E-state index is 5.86. The second-order valence-corrected chi connectivity index (χ2v) is 9.88. The number of aromatic nitrogens is 1. The third kappa shape index (κ3) is 5.16. The third-order valence-corrected chi connectivity index (χ3v) is 7.39. The van der Waals surface area contributed by atoms with Crippen LogP contribution >= 0.6 is 11.8 Å². The quantitative estimate of drug-likeness (QED) is 0.307. The number of rotatable bonds is 7. The highest BCUT2D eigenvalue weighted by Gasteiger charge is 2.27. The van der Waals surface area contributed by atoms with Crippen LogP contribution in [0, 0.1) is 0 Å². The highest BCUT2D eigenvalue weighted by molar-refractivity contribution is 7.98. The first-order valence-electron chi connectivity index (χ1n) is 11.8. The fraction of sp³-hybridized carbons (Fsp3) is 0.321. The molecule has 170 valence electrons. The van der Waals surface area contributed by atoms with Gasteiger partial charge in [-0.15, -0.1) is 0 Å². The Labute approximate surface area is 200 Å². The molecule has 0 amide bonds. The summed E-state index contributed by atoms with van der Waals surface area (Å²) in [6.45, 7) is 9.02. The molecular weight excluding hydrogens is 426 g/mol. The maximum Gasteiger partial charge on any atom is 0.257 e. The third-order valence-electron chi connectivity index (χ3n) is 6.49. The summed E-state index contributed by atoms with van der Waals surface area (Å²) in [6, 6.07) is 28.9. The summed E-state index contributed by atoms with van der Waals surface area (Å²) in [5.41, 5.74) is 5.76. The summed E-state index contributed by atoms with van der Waals surface area (Å²) in [7, 11) is 0. The molecule has 33 heavy (non-hydrogen) atoms. The second-order valence-electron chi connectivity index (χ2n) is 8.96. The summed E-state index contributed by atoms with van der Waals surface area (Å²) in [5.74, 6) is 0.843. The number of para-hydroxylation sites is 2. The topological polar surface area (TPSA) is 32.5 Å². The van der Waals surface area contributed by atoms with E-state index < -0.39 is 0 Å². The summed E-state index contributed by atoms with van der Waals surface area (Å²) in [4.78, 5) is 9.79. The van der Waals surface area contributed by atoms with Gasteiger partial charge in [0.15, 0.2) is 5.58 Å². The van der Waals surface area contributed by atoms with E-state index in [1.807, 2.05) is 24.3 Å². The fourth-order valence-corrected chi connectivity index (χ4v) is 5.41. The molecule has 1 unspecified atom stereocenters. The summed E-state index contributed by atoms with van der Waals surface area (Å²) in [5, 5.41) is 0.727. The minimum absolute atomic E-state index is 0.291. The van der Waals surface area contributed by atoms with Gasteiger partial charge in [0.1, 0.15) is 5.52 Å². The zero-order chi connectivity index (χ0) is 22.6. The van der Waals surface area contributed by atoms with E-state index in [0.29, 0.717) is 12.1 Å². The van der Waals surface area contributed by atoms with Crippen molar-refractivity contribution in [2.24, 2.45) is 0 Å². The first-order chi connectivity index (χ1) is 16.2. The number of fused-ring (bicyclic) bond motifs is 1. The van der Waals surface area contributed by atoms with E-state index in [-0.39, 0.29) is 0 Å². The van der Waals surface area contributed by atoms with E-state index >= 15 is 0 Å². The van der Waals surface area contributed by atoms with Crippen LogP contribution in [0.5, 0.6) is 0 Å². The Morgan fingerprint density at radius 3 is 2.12 bits per heavy atom. The van der Waals surface area contributed by atoms with Crippen LogP contribution in [0.3, 0.4) is 0 Å². The summed E-state index contributed by atoms with van der Waals surface area (Å²) >= 11 is 1.65. The molecule has 0 radical (unpaired) electrons. The SMILES string of the molecule is CC(C)N1CCN(C(c2ccccc2)c2ccc(CSc3nc4ccccc4o3)cc2)CC1. The predicted octanol–water partition coefficient (Wildman–Crippen LogP) is 6.24. The largest absolute Gasteiger partial charge is 0.431 e.